The number of carbonyl (C=O) groups is 2. The normalized spacial score (nSPS) is 18.1. The smallest absolute Gasteiger partial charge is 0.225 e. The van der Waals surface area contributed by atoms with Crippen molar-refractivity contribution in [3.63, 3.8) is 0 Å². The number of likely N-dealkylation sites (tertiary alicyclic amines) is 1. The Balaban J connectivity index is 1.81. The minimum Gasteiger partial charge on any atom is -0.355 e. The van der Waals surface area contributed by atoms with E-state index in [1.165, 1.54) is 0 Å². The number of hydrogen-bond acceptors (Lipinski definition) is 4. The molecule has 0 radical (unpaired) electrons. The second-order valence-electron chi connectivity index (χ2n) is 5.44. The van der Waals surface area contributed by atoms with Gasteiger partial charge in [0, 0.05) is 43.9 Å². The lowest BCUT2D eigenvalue weighted by molar-refractivity contribution is -0.128. The summed E-state index contributed by atoms with van der Waals surface area (Å²) in [6.45, 7) is 7.48. The van der Waals surface area contributed by atoms with Gasteiger partial charge < -0.3 is 10.2 Å². The Hall–Kier alpha value is -1.98. The van der Waals surface area contributed by atoms with Crippen molar-refractivity contribution < 1.29 is 9.59 Å². The predicted octanol–water partition coefficient (Wildman–Crippen LogP) is 0.621. The molecular formula is C15H22N4O2. The van der Waals surface area contributed by atoms with Gasteiger partial charge >= 0.3 is 0 Å². The molecule has 1 fully saturated rings. The fourth-order valence-electron chi connectivity index (χ4n) is 2.61. The number of nitrogens with one attached hydrogen (secondary N) is 1. The maximum absolute atomic E-state index is 12.0. The highest BCUT2D eigenvalue weighted by molar-refractivity contribution is 5.89. The molecule has 0 spiro atoms. The zero-order valence-electron chi connectivity index (χ0n) is 12.8. The maximum Gasteiger partial charge on any atom is 0.225 e. The first-order valence-corrected chi connectivity index (χ1v) is 7.36. The highest BCUT2D eigenvalue weighted by Gasteiger charge is 2.32. The van der Waals surface area contributed by atoms with Gasteiger partial charge in [0.2, 0.25) is 11.8 Å². The van der Waals surface area contributed by atoms with Crippen LogP contribution in [0.15, 0.2) is 6.07 Å². The molecule has 0 unspecified atom stereocenters. The molecule has 0 saturated carbocycles. The number of rotatable bonds is 5. The van der Waals surface area contributed by atoms with Crippen molar-refractivity contribution in [3.8, 4) is 0 Å². The molecule has 21 heavy (non-hydrogen) atoms. The topological polar surface area (TPSA) is 75.2 Å². The van der Waals surface area contributed by atoms with Gasteiger partial charge in [0.1, 0.15) is 5.82 Å². The summed E-state index contributed by atoms with van der Waals surface area (Å²) >= 11 is 0. The molecule has 0 bridgehead atoms. The van der Waals surface area contributed by atoms with Crippen LogP contribution in [0.3, 0.4) is 0 Å². The van der Waals surface area contributed by atoms with Gasteiger partial charge in [-0.15, -0.1) is 0 Å². The summed E-state index contributed by atoms with van der Waals surface area (Å²) in [4.78, 5) is 34.1. The maximum atomic E-state index is 12.0. The minimum atomic E-state index is -0.224. The highest BCUT2D eigenvalue weighted by atomic mass is 16.2. The molecule has 1 aromatic heterocycles. The van der Waals surface area contributed by atoms with Gasteiger partial charge in [-0.05, 0) is 26.8 Å². The van der Waals surface area contributed by atoms with Crippen molar-refractivity contribution >= 4 is 11.8 Å². The van der Waals surface area contributed by atoms with E-state index in [-0.39, 0.29) is 17.7 Å². The van der Waals surface area contributed by atoms with Crippen LogP contribution in [0.1, 0.15) is 30.6 Å². The number of carbonyl (C=O) groups excluding carboxylic acids is 2. The van der Waals surface area contributed by atoms with Crippen LogP contribution in [0, 0.1) is 19.8 Å². The van der Waals surface area contributed by atoms with Gasteiger partial charge in [-0.25, -0.2) is 9.97 Å². The molecule has 114 valence electrons. The van der Waals surface area contributed by atoms with Crippen molar-refractivity contribution in [1.29, 1.82) is 0 Å². The van der Waals surface area contributed by atoms with E-state index in [1.54, 1.807) is 4.90 Å². The van der Waals surface area contributed by atoms with Gasteiger partial charge in [-0.1, -0.05) is 0 Å². The van der Waals surface area contributed by atoms with Gasteiger partial charge in [0.05, 0.1) is 5.92 Å². The molecule has 2 heterocycles. The zero-order valence-corrected chi connectivity index (χ0v) is 12.8. The van der Waals surface area contributed by atoms with Gasteiger partial charge in [0.15, 0.2) is 0 Å². The Morgan fingerprint density at radius 3 is 2.62 bits per heavy atom. The molecule has 2 amide bonds. The summed E-state index contributed by atoms with van der Waals surface area (Å²) in [7, 11) is 0. The zero-order chi connectivity index (χ0) is 15.4. The number of hydrogen-bond donors (Lipinski definition) is 1. The second kappa shape index (κ2) is 6.65. The third-order valence-electron chi connectivity index (χ3n) is 3.64. The van der Waals surface area contributed by atoms with Gasteiger partial charge in [-0.3, -0.25) is 9.59 Å². The van der Waals surface area contributed by atoms with E-state index in [0.717, 1.165) is 17.2 Å². The Labute approximate surface area is 125 Å². The van der Waals surface area contributed by atoms with Gasteiger partial charge in [-0.2, -0.15) is 0 Å². The summed E-state index contributed by atoms with van der Waals surface area (Å²) in [6.07, 6.45) is 0.923. The number of aromatic nitrogens is 2. The molecule has 0 aromatic carbocycles. The average molecular weight is 290 g/mol. The molecule has 0 aliphatic carbocycles. The van der Waals surface area contributed by atoms with E-state index >= 15 is 0 Å². The Bertz CT molecular complexity index is 524. The van der Waals surface area contributed by atoms with E-state index in [0.29, 0.717) is 32.5 Å². The molecule has 1 aliphatic rings. The highest BCUT2D eigenvalue weighted by Crippen LogP contribution is 2.17. The molecule has 2 rings (SSSR count). The molecule has 1 saturated heterocycles. The van der Waals surface area contributed by atoms with Crippen molar-refractivity contribution in [1.82, 2.24) is 20.2 Å². The van der Waals surface area contributed by atoms with Crippen molar-refractivity contribution in [2.45, 2.75) is 33.6 Å². The van der Waals surface area contributed by atoms with Crippen LogP contribution in [-0.4, -0.2) is 46.3 Å². The lowest BCUT2D eigenvalue weighted by Gasteiger charge is -2.13. The Morgan fingerprint density at radius 1 is 1.38 bits per heavy atom. The van der Waals surface area contributed by atoms with Crippen LogP contribution in [0.5, 0.6) is 0 Å². The lowest BCUT2D eigenvalue weighted by atomic mass is 10.1. The summed E-state index contributed by atoms with van der Waals surface area (Å²) in [5.74, 6) is 0.530. The molecule has 1 N–H and O–H groups in total. The Morgan fingerprint density at radius 2 is 2.05 bits per heavy atom. The lowest BCUT2D eigenvalue weighted by Crippen LogP contribution is -2.34. The fourth-order valence-corrected chi connectivity index (χ4v) is 2.61. The quantitative estimate of drug-likeness (QED) is 0.862. The first-order valence-electron chi connectivity index (χ1n) is 7.36. The van der Waals surface area contributed by atoms with E-state index in [1.807, 2.05) is 26.8 Å². The summed E-state index contributed by atoms with van der Waals surface area (Å²) < 4.78 is 0. The minimum absolute atomic E-state index is 0.0522. The fraction of sp³-hybridized carbons (Fsp3) is 0.600. The monoisotopic (exact) mass is 290 g/mol. The molecule has 1 atom stereocenters. The summed E-state index contributed by atoms with van der Waals surface area (Å²) in [6, 6.07) is 1.92. The van der Waals surface area contributed by atoms with Crippen LogP contribution < -0.4 is 5.32 Å². The van der Waals surface area contributed by atoms with E-state index < -0.39 is 0 Å². The second-order valence-corrected chi connectivity index (χ2v) is 5.44. The number of aryl methyl sites for hydroxylation is 2. The third kappa shape index (κ3) is 4.00. The van der Waals surface area contributed by atoms with Crippen LogP contribution in [0.2, 0.25) is 0 Å². The van der Waals surface area contributed by atoms with E-state index in [4.69, 9.17) is 0 Å². The molecule has 1 aliphatic heterocycles. The van der Waals surface area contributed by atoms with Crippen molar-refractivity contribution in [3.05, 3.63) is 23.3 Å². The standard InChI is InChI=1S/C15H22N4O2/c1-4-19-9-12(8-14(19)20)15(21)16-6-5-13-17-10(2)7-11(3)18-13/h7,12H,4-6,8-9H2,1-3H3,(H,16,21)/t12-/m0/s1. The largest absolute Gasteiger partial charge is 0.355 e. The SMILES string of the molecule is CCN1C[C@@H](C(=O)NCCc2nc(C)cc(C)n2)CC1=O. The van der Waals surface area contributed by atoms with E-state index in [9.17, 15) is 9.59 Å². The molecule has 1 aromatic rings. The number of amides is 2. The van der Waals surface area contributed by atoms with Crippen LogP contribution in [0.4, 0.5) is 0 Å². The third-order valence-corrected chi connectivity index (χ3v) is 3.64. The van der Waals surface area contributed by atoms with Gasteiger partial charge in [0.25, 0.3) is 0 Å². The van der Waals surface area contributed by atoms with Crippen LogP contribution in [-0.2, 0) is 16.0 Å². The molecule has 6 nitrogen and oxygen atoms in total. The summed E-state index contributed by atoms with van der Waals surface area (Å²) in [5.41, 5.74) is 1.87. The summed E-state index contributed by atoms with van der Waals surface area (Å²) in [5, 5.41) is 2.88. The predicted molar refractivity (Wildman–Crippen MR) is 78.6 cm³/mol. The molecular weight excluding hydrogens is 268 g/mol. The first-order chi connectivity index (χ1) is 9.99. The van der Waals surface area contributed by atoms with Crippen LogP contribution in [0.25, 0.3) is 0 Å². The van der Waals surface area contributed by atoms with Crippen molar-refractivity contribution in [2.24, 2.45) is 5.92 Å². The first kappa shape index (κ1) is 15.4. The van der Waals surface area contributed by atoms with Crippen molar-refractivity contribution in [2.75, 3.05) is 19.6 Å². The van der Waals surface area contributed by atoms with Crippen LogP contribution >= 0.6 is 0 Å². The average Bonchev–Trinajstić information content (AvgIpc) is 2.79. The Kier molecular flexibility index (Phi) is 4.88. The van der Waals surface area contributed by atoms with E-state index in [2.05, 4.69) is 15.3 Å². The molecule has 6 heteroatoms. The number of nitrogens with zero attached hydrogens (tertiary/aromatic N) is 3.